The van der Waals surface area contributed by atoms with Crippen LogP contribution in [0.25, 0.3) is 11.0 Å². The van der Waals surface area contributed by atoms with Crippen molar-refractivity contribution in [3.05, 3.63) is 65.2 Å². The van der Waals surface area contributed by atoms with Crippen LogP contribution in [0.1, 0.15) is 34.1 Å². The zero-order chi connectivity index (χ0) is 16.7. The minimum absolute atomic E-state index is 0.133. The van der Waals surface area contributed by atoms with Crippen LogP contribution in [-0.2, 0) is 0 Å². The molecule has 1 N–H and O–H groups in total. The number of carbonyl (C=O) groups excluding carboxylic acids is 1. The molecule has 1 atom stereocenters. The summed E-state index contributed by atoms with van der Waals surface area (Å²) < 4.78 is 24.7. The first kappa shape index (κ1) is 14.8. The summed E-state index contributed by atoms with van der Waals surface area (Å²) in [7, 11) is 0. The van der Waals surface area contributed by atoms with Crippen LogP contribution in [0.3, 0.4) is 0 Å². The van der Waals surface area contributed by atoms with Gasteiger partial charge in [0.15, 0.2) is 5.76 Å². The number of nitrogens with one attached hydrogen (secondary N) is 1. The third-order valence-corrected chi connectivity index (χ3v) is 4.37. The fourth-order valence-electron chi connectivity index (χ4n) is 3.13. The van der Waals surface area contributed by atoms with Gasteiger partial charge in [-0.15, -0.1) is 0 Å². The maximum Gasteiger partial charge on any atom is 0.287 e. The Bertz CT molecular complexity index is 932. The van der Waals surface area contributed by atoms with Crippen LogP contribution in [0, 0.1) is 12.7 Å². The van der Waals surface area contributed by atoms with Crippen molar-refractivity contribution < 1.29 is 18.3 Å². The summed E-state index contributed by atoms with van der Waals surface area (Å²) in [6, 6.07) is 11.8. The van der Waals surface area contributed by atoms with Crippen LogP contribution < -0.4 is 10.1 Å². The van der Waals surface area contributed by atoms with Crippen molar-refractivity contribution in [3.8, 4) is 5.75 Å². The van der Waals surface area contributed by atoms with E-state index in [1.165, 1.54) is 18.2 Å². The summed E-state index contributed by atoms with van der Waals surface area (Å²) in [5.41, 5.74) is 2.10. The SMILES string of the molecule is Cc1c(C(=O)N[C@H]2CCOc3ccccc32)oc2ccc(F)cc12. The van der Waals surface area contributed by atoms with Gasteiger partial charge in [0.25, 0.3) is 5.91 Å². The second-order valence-corrected chi connectivity index (χ2v) is 5.90. The Morgan fingerprint density at radius 1 is 1.25 bits per heavy atom. The number of para-hydroxylation sites is 1. The highest BCUT2D eigenvalue weighted by atomic mass is 19.1. The first-order valence-electron chi connectivity index (χ1n) is 7.85. The maximum absolute atomic E-state index is 13.4. The summed E-state index contributed by atoms with van der Waals surface area (Å²) in [5.74, 6) is 0.361. The van der Waals surface area contributed by atoms with E-state index in [1.54, 1.807) is 6.92 Å². The number of fused-ring (bicyclic) bond motifs is 2. The second kappa shape index (κ2) is 5.67. The van der Waals surface area contributed by atoms with Gasteiger partial charge in [0.2, 0.25) is 0 Å². The van der Waals surface area contributed by atoms with Gasteiger partial charge in [-0.25, -0.2) is 4.39 Å². The third-order valence-electron chi connectivity index (χ3n) is 4.37. The molecule has 0 saturated carbocycles. The number of aryl methyl sites for hydroxylation is 1. The lowest BCUT2D eigenvalue weighted by Crippen LogP contribution is -2.32. The van der Waals surface area contributed by atoms with Crippen LogP contribution in [0.2, 0.25) is 0 Å². The molecule has 122 valence electrons. The van der Waals surface area contributed by atoms with Crippen LogP contribution >= 0.6 is 0 Å². The molecule has 2 heterocycles. The number of amides is 1. The molecule has 1 aromatic heterocycles. The van der Waals surface area contributed by atoms with Crippen molar-refractivity contribution in [2.24, 2.45) is 0 Å². The fourth-order valence-corrected chi connectivity index (χ4v) is 3.13. The van der Waals surface area contributed by atoms with Crippen molar-refractivity contribution in [2.75, 3.05) is 6.61 Å². The van der Waals surface area contributed by atoms with E-state index in [4.69, 9.17) is 9.15 Å². The molecule has 3 aromatic rings. The van der Waals surface area contributed by atoms with Gasteiger partial charge in [0.1, 0.15) is 17.1 Å². The van der Waals surface area contributed by atoms with Crippen molar-refractivity contribution >= 4 is 16.9 Å². The lowest BCUT2D eigenvalue weighted by atomic mass is 10.0. The maximum atomic E-state index is 13.4. The standard InChI is InChI=1S/C19H16FNO3/c1-11-14-10-12(20)6-7-17(14)24-18(11)19(22)21-15-8-9-23-16-5-3-2-4-13(15)16/h2-7,10,15H,8-9H2,1H3,(H,21,22)/t15-/m0/s1. The van der Waals surface area contributed by atoms with Gasteiger partial charge in [0.05, 0.1) is 12.6 Å². The lowest BCUT2D eigenvalue weighted by molar-refractivity contribution is 0.0898. The molecule has 1 aliphatic heterocycles. The summed E-state index contributed by atoms with van der Waals surface area (Å²) in [4.78, 5) is 12.7. The largest absolute Gasteiger partial charge is 0.493 e. The fraction of sp³-hybridized carbons (Fsp3) is 0.211. The lowest BCUT2D eigenvalue weighted by Gasteiger charge is -2.26. The topological polar surface area (TPSA) is 51.5 Å². The smallest absolute Gasteiger partial charge is 0.287 e. The number of rotatable bonds is 2. The second-order valence-electron chi connectivity index (χ2n) is 5.90. The zero-order valence-corrected chi connectivity index (χ0v) is 13.1. The van der Waals surface area contributed by atoms with Crippen LogP contribution in [-0.4, -0.2) is 12.5 Å². The molecule has 0 saturated heterocycles. The molecule has 0 bridgehead atoms. The molecule has 0 radical (unpaired) electrons. The molecule has 4 rings (SSSR count). The van der Waals surface area contributed by atoms with Crippen LogP contribution in [0.4, 0.5) is 4.39 Å². The quantitative estimate of drug-likeness (QED) is 0.770. The Balaban J connectivity index is 1.65. The Morgan fingerprint density at radius 2 is 2.08 bits per heavy atom. The summed E-state index contributed by atoms with van der Waals surface area (Å²) in [6.07, 6.45) is 0.691. The van der Waals surface area contributed by atoms with E-state index in [0.717, 1.165) is 11.3 Å². The summed E-state index contributed by atoms with van der Waals surface area (Å²) >= 11 is 0. The predicted molar refractivity (Wildman–Crippen MR) is 87.7 cm³/mol. The number of ether oxygens (including phenoxy) is 1. The molecule has 2 aromatic carbocycles. The number of carbonyl (C=O) groups is 1. The highest BCUT2D eigenvalue weighted by molar-refractivity contribution is 5.99. The van der Waals surface area contributed by atoms with E-state index in [9.17, 15) is 9.18 Å². The summed E-state index contributed by atoms with van der Waals surface area (Å²) in [6.45, 7) is 2.31. The van der Waals surface area contributed by atoms with E-state index >= 15 is 0 Å². The molecule has 4 nitrogen and oxygen atoms in total. The monoisotopic (exact) mass is 325 g/mol. The van der Waals surface area contributed by atoms with Gasteiger partial charge < -0.3 is 14.5 Å². The molecule has 0 aliphatic carbocycles. The Morgan fingerprint density at radius 3 is 2.96 bits per heavy atom. The molecular formula is C19H16FNO3. The van der Waals surface area contributed by atoms with Crippen LogP contribution in [0.5, 0.6) is 5.75 Å². The van der Waals surface area contributed by atoms with Crippen molar-refractivity contribution in [2.45, 2.75) is 19.4 Å². The number of halogens is 1. The zero-order valence-electron chi connectivity index (χ0n) is 13.1. The van der Waals surface area contributed by atoms with E-state index in [-0.39, 0.29) is 23.5 Å². The van der Waals surface area contributed by atoms with Gasteiger partial charge in [0, 0.05) is 22.9 Å². The minimum atomic E-state index is -0.350. The van der Waals surface area contributed by atoms with Crippen LogP contribution in [0.15, 0.2) is 46.9 Å². The Kier molecular flexibility index (Phi) is 3.49. The Labute approximate surface area is 138 Å². The van der Waals surface area contributed by atoms with Crippen molar-refractivity contribution in [3.63, 3.8) is 0 Å². The Hall–Kier alpha value is -2.82. The van der Waals surface area contributed by atoms with Crippen molar-refractivity contribution in [1.29, 1.82) is 0 Å². The average Bonchev–Trinajstić information content (AvgIpc) is 2.92. The molecule has 1 aliphatic rings. The van der Waals surface area contributed by atoms with Gasteiger partial charge in [-0.2, -0.15) is 0 Å². The van der Waals surface area contributed by atoms with Gasteiger partial charge in [-0.1, -0.05) is 18.2 Å². The number of hydrogen-bond donors (Lipinski definition) is 1. The molecule has 1 amide bonds. The predicted octanol–water partition coefficient (Wildman–Crippen LogP) is 4.13. The van der Waals surface area contributed by atoms with E-state index < -0.39 is 0 Å². The highest BCUT2D eigenvalue weighted by Crippen LogP contribution is 2.32. The number of hydrogen-bond acceptors (Lipinski definition) is 3. The van der Waals surface area contributed by atoms with Crippen molar-refractivity contribution in [1.82, 2.24) is 5.32 Å². The highest BCUT2D eigenvalue weighted by Gasteiger charge is 2.25. The third kappa shape index (κ3) is 2.42. The van der Waals surface area contributed by atoms with E-state index in [1.807, 2.05) is 24.3 Å². The number of furan rings is 1. The molecule has 0 fully saturated rings. The molecular weight excluding hydrogens is 309 g/mol. The normalized spacial score (nSPS) is 16.5. The first-order chi connectivity index (χ1) is 11.6. The minimum Gasteiger partial charge on any atom is -0.493 e. The van der Waals surface area contributed by atoms with E-state index in [2.05, 4.69) is 5.32 Å². The van der Waals surface area contributed by atoms with E-state index in [0.29, 0.717) is 29.6 Å². The molecule has 0 spiro atoms. The van der Waals surface area contributed by atoms with Gasteiger partial charge >= 0.3 is 0 Å². The first-order valence-corrected chi connectivity index (χ1v) is 7.85. The summed E-state index contributed by atoms with van der Waals surface area (Å²) in [5, 5.41) is 3.62. The van der Waals surface area contributed by atoms with Gasteiger partial charge in [-0.05, 0) is 31.2 Å². The average molecular weight is 325 g/mol. The van der Waals surface area contributed by atoms with Gasteiger partial charge in [-0.3, -0.25) is 4.79 Å². The molecule has 0 unspecified atom stereocenters. The number of benzene rings is 2. The molecule has 24 heavy (non-hydrogen) atoms. The molecule has 5 heteroatoms.